The summed E-state index contributed by atoms with van der Waals surface area (Å²) in [5, 5.41) is 10.6. The maximum Gasteiger partial charge on any atom is 0.191 e. The average Bonchev–Trinajstić information content (AvgIpc) is 2.99. The molecule has 0 bridgehead atoms. The van der Waals surface area contributed by atoms with Gasteiger partial charge in [0.1, 0.15) is 0 Å². The van der Waals surface area contributed by atoms with Crippen molar-refractivity contribution in [1.29, 1.82) is 0 Å². The van der Waals surface area contributed by atoms with E-state index in [-0.39, 0.29) is 41.5 Å². The molecule has 9 heteroatoms. The van der Waals surface area contributed by atoms with Crippen molar-refractivity contribution in [3.63, 3.8) is 0 Å². The highest BCUT2D eigenvalue weighted by molar-refractivity contribution is 14.0. The van der Waals surface area contributed by atoms with E-state index in [1.54, 1.807) is 7.05 Å². The molecule has 0 spiro atoms. The first-order valence-electron chi connectivity index (χ1n) is 7.15. The molecule has 0 amide bonds. The summed E-state index contributed by atoms with van der Waals surface area (Å²) in [6.45, 7) is 3.62. The zero-order chi connectivity index (χ0) is 15.3. The lowest BCUT2D eigenvalue weighted by atomic mass is 10.3. The third kappa shape index (κ3) is 6.11. The quantitative estimate of drug-likeness (QED) is 0.302. The molecule has 1 aliphatic heterocycles. The molecule has 1 atom stereocenters. The Morgan fingerprint density at radius 2 is 2.32 bits per heavy atom. The number of aromatic nitrogens is 2. The first kappa shape index (κ1) is 19.2. The molecule has 1 aromatic heterocycles. The van der Waals surface area contributed by atoms with Gasteiger partial charge in [-0.3, -0.25) is 9.67 Å². The molecule has 0 radical (unpaired) electrons. The lowest BCUT2D eigenvalue weighted by Crippen LogP contribution is -2.44. The number of halogens is 1. The van der Waals surface area contributed by atoms with Crippen molar-refractivity contribution >= 4 is 39.8 Å². The third-order valence-corrected chi connectivity index (χ3v) is 5.18. The zero-order valence-electron chi connectivity index (χ0n) is 12.9. The molecule has 22 heavy (non-hydrogen) atoms. The van der Waals surface area contributed by atoms with Gasteiger partial charge in [0.05, 0.1) is 17.7 Å². The normalized spacial score (nSPS) is 20.5. The van der Waals surface area contributed by atoms with E-state index in [0.29, 0.717) is 12.4 Å². The van der Waals surface area contributed by atoms with E-state index in [1.165, 1.54) is 0 Å². The molecule has 2 heterocycles. The third-order valence-electron chi connectivity index (χ3n) is 3.42. The first-order chi connectivity index (χ1) is 9.98. The number of aryl methyl sites for hydroxylation is 2. The van der Waals surface area contributed by atoms with Crippen molar-refractivity contribution in [2.45, 2.75) is 32.4 Å². The van der Waals surface area contributed by atoms with Crippen LogP contribution < -0.4 is 10.6 Å². The highest BCUT2D eigenvalue weighted by Gasteiger charge is 2.28. The fourth-order valence-corrected chi connectivity index (χ4v) is 4.01. The van der Waals surface area contributed by atoms with Crippen LogP contribution in [0.5, 0.6) is 0 Å². The van der Waals surface area contributed by atoms with Gasteiger partial charge in [0.2, 0.25) is 0 Å². The largest absolute Gasteiger partial charge is 0.356 e. The molecule has 126 valence electrons. The van der Waals surface area contributed by atoms with Gasteiger partial charge in [-0.2, -0.15) is 5.10 Å². The minimum Gasteiger partial charge on any atom is -0.356 e. The molecule has 1 unspecified atom stereocenters. The Morgan fingerprint density at radius 3 is 2.86 bits per heavy atom. The van der Waals surface area contributed by atoms with E-state index in [1.807, 2.05) is 24.0 Å². The molecular weight excluding hydrogens is 417 g/mol. The average molecular weight is 441 g/mol. The van der Waals surface area contributed by atoms with Crippen LogP contribution >= 0.6 is 24.0 Å². The standard InChI is InChI=1S/C13H23N5O2S.HI/c1-11-8-16-18(9-11)6-3-5-15-13(14-2)17-12-4-7-21(19,20)10-12;/h8-9,12H,3-7,10H2,1-2H3,(H2,14,15,17);1H. The minimum absolute atomic E-state index is 0. The van der Waals surface area contributed by atoms with Crippen LogP contribution in [0.15, 0.2) is 17.4 Å². The summed E-state index contributed by atoms with van der Waals surface area (Å²) >= 11 is 0. The summed E-state index contributed by atoms with van der Waals surface area (Å²) in [5.74, 6) is 1.12. The molecule has 1 aliphatic rings. The monoisotopic (exact) mass is 441 g/mol. The van der Waals surface area contributed by atoms with Crippen molar-refractivity contribution in [3.8, 4) is 0 Å². The van der Waals surface area contributed by atoms with Gasteiger partial charge >= 0.3 is 0 Å². The van der Waals surface area contributed by atoms with Crippen LogP contribution in [0.4, 0.5) is 0 Å². The van der Waals surface area contributed by atoms with E-state index in [2.05, 4.69) is 20.7 Å². The number of nitrogens with one attached hydrogen (secondary N) is 2. The SMILES string of the molecule is CN=C(NCCCn1cc(C)cn1)NC1CCS(=O)(=O)C1.I. The summed E-state index contributed by atoms with van der Waals surface area (Å²) in [4.78, 5) is 4.13. The van der Waals surface area contributed by atoms with Crippen molar-refractivity contribution in [2.75, 3.05) is 25.1 Å². The Balaban J connectivity index is 0.00000242. The van der Waals surface area contributed by atoms with Crippen LogP contribution in [0, 0.1) is 6.92 Å². The number of sulfone groups is 1. The summed E-state index contributed by atoms with van der Waals surface area (Å²) < 4.78 is 24.8. The summed E-state index contributed by atoms with van der Waals surface area (Å²) in [7, 11) is -1.17. The number of hydrogen-bond donors (Lipinski definition) is 2. The molecule has 0 aliphatic carbocycles. The Bertz CT molecular complexity index is 599. The van der Waals surface area contributed by atoms with Gasteiger partial charge in [-0.15, -0.1) is 24.0 Å². The van der Waals surface area contributed by atoms with Crippen LogP contribution in [0.25, 0.3) is 0 Å². The predicted molar refractivity (Wildman–Crippen MR) is 98.6 cm³/mol. The molecule has 1 fully saturated rings. The lowest BCUT2D eigenvalue weighted by Gasteiger charge is -2.16. The van der Waals surface area contributed by atoms with Gasteiger partial charge in [-0.25, -0.2) is 8.42 Å². The van der Waals surface area contributed by atoms with E-state index in [0.717, 1.165) is 25.1 Å². The van der Waals surface area contributed by atoms with Crippen LogP contribution in [0.1, 0.15) is 18.4 Å². The van der Waals surface area contributed by atoms with Crippen molar-refractivity contribution in [1.82, 2.24) is 20.4 Å². The molecule has 7 nitrogen and oxygen atoms in total. The van der Waals surface area contributed by atoms with Crippen LogP contribution in [0.3, 0.4) is 0 Å². The summed E-state index contributed by atoms with van der Waals surface area (Å²) in [6, 6.07) is -0.0324. The van der Waals surface area contributed by atoms with E-state index in [4.69, 9.17) is 0 Å². The molecule has 2 rings (SSSR count). The second kappa shape index (κ2) is 8.70. The number of guanidine groups is 1. The second-order valence-corrected chi connectivity index (χ2v) is 7.61. The van der Waals surface area contributed by atoms with Gasteiger partial charge in [-0.05, 0) is 25.3 Å². The van der Waals surface area contributed by atoms with Crippen molar-refractivity contribution in [3.05, 3.63) is 18.0 Å². The zero-order valence-corrected chi connectivity index (χ0v) is 16.1. The van der Waals surface area contributed by atoms with E-state index in [9.17, 15) is 8.42 Å². The van der Waals surface area contributed by atoms with Crippen LogP contribution in [-0.2, 0) is 16.4 Å². The smallest absolute Gasteiger partial charge is 0.191 e. The van der Waals surface area contributed by atoms with Gasteiger partial charge in [0.15, 0.2) is 15.8 Å². The molecule has 0 saturated carbocycles. The predicted octanol–water partition coefficient (Wildman–Crippen LogP) is 0.552. The van der Waals surface area contributed by atoms with Gasteiger partial charge in [-0.1, -0.05) is 0 Å². The maximum atomic E-state index is 11.4. The van der Waals surface area contributed by atoms with Crippen LogP contribution in [-0.4, -0.2) is 55.3 Å². The van der Waals surface area contributed by atoms with E-state index >= 15 is 0 Å². The van der Waals surface area contributed by atoms with Crippen LogP contribution in [0.2, 0.25) is 0 Å². The van der Waals surface area contributed by atoms with E-state index < -0.39 is 9.84 Å². The van der Waals surface area contributed by atoms with Gasteiger partial charge in [0.25, 0.3) is 0 Å². The maximum absolute atomic E-state index is 11.4. The minimum atomic E-state index is -2.87. The Morgan fingerprint density at radius 1 is 1.55 bits per heavy atom. The number of hydrogen-bond acceptors (Lipinski definition) is 4. The second-order valence-electron chi connectivity index (χ2n) is 5.38. The summed E-state index contributed by atoms with van der Waals surface area (Å²) in [6.07, 6.45) is 5.42. The fourth-order valence-electron chi connectivity index (χ4n) is 2.33. The highest BCUT2D eigenvalue weighted by atomic mass is 127. The fraction of sp³-hybridized carbons (Fsp3) is 0.692. The number of rotatable bonds is 5. The van der Waals surface area contributed by atoms with Crippen molar-refractivity contribution < 1.29 is 8.42 Å². The summed E-state index contributed by atoms with van der Waals surface area (Å²) in [5.41, 5.74) is 1.16. The highest BCUT2D eigenvalue weighted by Crippen LogP contribution is 2.10. The molecule has 1 saturated heterocycles. The first-order valence-corrected chi connectivity index (χ1v) is 8.97. The molecular formula is C13H24IN5O2S. The number of aliphatic imine (C=N–C) groups is 1. The Labute approximate surface area is 148 Å². The molecule has 1 aromatic rings. The number of nitrogens with zero attached hydrogens (tertiary/aromatic N) is 3. The topological polar surface area (TPSA) is 88.4 Å². The Kier molecular flexibility index (Phi) is 7.60. The van der Waals surface area contributed by atoms with Gasteiger partial charge in [0, 0.05) is 32.4 Å². The molecule has 2 N–H and O–H groups in total. The van der Waals surface area contributed by atoms with Gasteiger partial charge < -0.3 is 10.6 Å². The Hall–Kier alpha value is -0.840. The lowest BCUT2D eigenvalue weighted by molar-refractivity contribution is 0.566. The van der Waals surface area contributed by atoms with Crippen molar-refractivity contribution in [2.24, 2.45) is 4.99 Å². The molecule has 0 aromatic carbocycles.